The first kappa shape index (κ1) is 25.9. The van der Waals surface area contributed by atoms with Crippen molar-refractivity contribution >= 4 is 5.91 Å². The Labute approximate surface area is 192 Å². The van der Waals surface area contributed by atoms with Crippen LogP contribution >= 0.6 is 0 Å². The summed E-state index contributed by atoms with van der Waals surface area (Å²) in [5.41, 5.74) is -3.52. The van der Waals surface area contributed by atoms with E-state index in [0.717, 1.165) is 25.0 Å². The minimum Gasteiger partial charge on any atom is -0.389 e. The lowest BCUT2D eigenvalue weighted by molar-refractivity contribution is -0.147. The van der Waals surface area contributed by atoms with Crippen molar-refractivity contribution in [1.29, 1.82) is 0 Å². The molecular formula is C24H34F4N2O3. The first-order valence-corrected chi connectivity index (χ1v) is 11.4. The fourth-order valence-electron chi connectivity index (χ4n) is 5.42. The van der Waals surface area contributed by atoms with Crippen LogP contribution in [0.5, 0.6) is 0 Å². The fraction of sp³-hybridized carbons (Fsp3) is 0.708. The average Bonchev–Trinajstić information content (AvgIpc) is 3.18. The zero-order chi connectivity index (χ0) is 24.6. The predicted octanol–water partition coefficient (Wildman–Crippen LogP) is 4.13. The summed E-state index contributed by atoms with van der Waals surface area (Å²) in [6.45, 7) is 6.45. The highest BCUT2D eigenvalue weighted by Crippen LogP contribution is 2.49. The van der Waals surface area contributed by atoms with E-state index < -0.39 is 34.5 Å². The first-order valence-electron chi connectivity index (χ1n) is 11.4. The largest absolute Gasteiger partial charge is 0.416 e. The molecule has 0 spiro atoms. The summed E-state index contributed by atoms with van der Waals surface area (Å²) in [6.07, 6.45) is -2.18. The van der Waals surface area contributed by atoms with Gasteiger partial charge in [-0.2, -0.15) is 13.2 Å². The Morgan fingerprint density at radius 3 is 2.58 bits per heavy atom. The molecule has 33 heavy (non-hydrogen) atoms. The molecule has 1 aromatic rings. The molecule has 1 saturated heterocycles. The molecule has 2 fully saturated rings. The van der Waals surface area contributed by atoms with Crippen LogP contribution in [0.4, 0.5) is 17.6 Å². The van der Waals surface area contributed by atoms with E-state index in [0.29, 0.717) is 44.1 Å². The third-order valence-electron chi connectivity index (χ3n) is 7.53. The van der Waals surface area contributed by atoms with Crippen LogP contribution in [0.3, 0.4) is 0 Å². The molecule has 9 heteroatoms. The number of hydrogen-bond acceptors (Lipinski definition) is 4. The number of hydrogen-bond donors (Lipinski definition) is 2. The highest BCUT2D eigenvalue weighted by molar-refractivity contribution is 5.84. The number of nitrogens with one attached hydrogen (secondary N) is 1. The van der Waals surface area contributed by atoms with Crippen molar-refractivity contribution in [2.75, 3.05) is 20.3 Å². The highest BCUT2D eigenvalue weighted by atomic mass is 19.4. The molecular weight excluding hydrogens is 440 g/mol. The molecule has 0 bridgehead atoms. The lowest BCUT2D eigenvalue weighted by Crippen LogP contribution is -2.54. The lowest BCUT2D eigenvalue weighted by Gasteiger charge is -2.42. The minimum atomic E-state index is -4.68. The molecule has 4 atom stereocenters. The van der Waals surface area contributed by atoms with Crippen molar-refractivity contribution in [2.24, 2.45) is 11.3 Å². The SMILES string of the molecule is CC1COCCC1N(C)[C@@H]1CC[C@@](C(=O)NCc2cc(F)cc(C(F)(F)F)c2)(C(C)(C)O)C1. The van der Waals surface area contributed by atoms with E-state index in [4.69, 9.17) is 4.74 Å². The minimum absolute atomic E-state index is 0.0178. The van der Waals surface area contributed by atoms with E-state index in [-0.39, 0.29) is 18.2 Å². The van der Waals surface area contributed by atoms with Gasteiger partial charge in [0.1, 0.15) is 5.82 Å². The fourth-order valence-corrected chi connectivity index (χ4v) is 5.42. The molecule has 1 heterocycles. The number of rotatable bonds is 6. The second-order valence-corrected chi connectivity index (χ2v) is 10.1. The Kier molecular flexibility index (Phi) is 7.46. The monoisotopic (exact) mass is 474 g/mol. The van der Waals surface area contributed by atoms with Crippen molar-refractivity contribution in [3.63, 3.8) is 0 Å². The molecule has 2 aliphatic rings. The van der Waals surface area contributed by atoms with Crippen LogP contribution in [0.25, 0.3) is 0 Å². The zero-order valence-electron chi connectivity index (χ0n) is 19.6. The van der Waals surface area contributed by atoms with Crippen LogP contribution in [-0.2, 0) is 22.3 Å². The zero-order valence-corrected chi connectivity index (χ0v) is 19.6. The van der Waals surface area contributed by atoms with Crippen molar-refractivity contribution < 1.29 is 32.2 Å². The van der Waals surface area contributed by atoms with E-state index in [1.807, 2.05) is 7.05 Å². The number of alkyl halides is 3. The van der Waals surface area contributed by atoms with Gasteiger partial charge in [0.25, 0.3) is 0 Å². The molecule has 186 valence electrons. The third-order valence-corrected chi connectivity index (χ3v) is 7.53. The number of nitrogens with zero attached hydrogens (tertiary/aromatic N) is 1. The van der Waals surface area contributed by atoms with Gasteiger partial charge >= 0.3 is 6.18 Å². The van der Waals surface area contributed by atoms with Crippen LogP contribution in [0.15, 0.2) is 18.2 Å². The molecule has 3 rings (SSSR count). The maximum absolute atomic E-state index is 13.7. The van der Waals surface area contributed by atoms with Crippen molar-refractivity contribution in [1.82, 2.24) is 10.2 Å². The summed E-state index contributed by atoms with van der Waals surface area (Å²) in [7, 11) is 2.04. The molecule has 2 unspecified atom stereocenters. The van der Waals surface area contributed by atoms with Crippen LogP contribution in [0, 0.1) is 17.2 Å². The summed E-state index contributed by atoms with van der Waals surface area (Å²) >= 11 is 0. The van der Waals surface area contributed by atoms with Gasteiger partial charge in [-0.25, -0.2) is 4.39 Å². The number of amides is 1. The smallest absolute Gasteiger partial charge is 0.389 e. The molecule has 1 saturated carbocycles. The van der Waals surface area contributed by atoms with Gasteiger partial charge in [-0.05, 0) is 76.3 Å². The third kappa shape index (κ3) is 5.52. The van der Waals surface area contributed by atoms with Crippen LogP contribution < -0.4 is 5.32 Å². The average molecular weight is 475 g/mol. The number of ether oxygens (including phenoxy) is 1. The lowest BCUT2D eigenvalue weighted by atomic mass is 9.71. The molecule has 1 aliphatic carbocycles. The van der Waals surface area contributed by atoms with Crippen molar-refractivity contribution in [3.05, 3.63) is 35.1 Å². The second-order valence-electron chi connectivity index (χ2n) is 10.1. The Bertz CT molecular complexity index is 855. The van der Waals surface area contributed by atoms with Gasteiger partial charge in [0.15, 0.2) is 0 Å². The summed E-state index contributed by atoms with van der Waals surface area (Å²) in [4.78, 5) is 15.6. The van der Waals surface area contributed by atoms with Gasteiger partial charge in [0, 0.05) is 25.2 Å². The maximum Gasteiger partial charge on any atom is 0.416 e. The van der Waals surface area contributed by atoms with Gasteiger partial charge < -0.3 is 15.2 Å². The van der Waals surface area contributed by atoms with Crippen LogP contribution in [0.2, 0.25) is 0 Å². The normalized spacial score (nSPS) is 28.8. The van der Waals surface area contributed by atoms with Gasteiger partial charge in [0.05, 0.1) is 23.2 Å². The molecule has 1 aliphatic heterocycles. The number of halogens is 4. The molecule has 2 N–H and O–H groups in total. The van der Waals surface area contributed by atoms with E-state index in [9.17, 15) is 27.5 Å². The van der Waals surface area contributed by atoms with Gasteiger partial charge in [-0.15, -0.1) is 0 Å². The summed E-state index contributed by atoms with van der Waals surface area (Å²) in [5, 5.41) is 13.7. The second kappa shape index (κ2) is 9.50. The van der Waals surface area contributed by atoms with E-state index >= 15 is 0 Å². The molecule has 0 radical (unpaired) electrons. The van der Waals surface area contributed by atoms with E-state index in [1.165, 1.54) is 0 Å². The maximum atomic E-state index is 13.7. The van der Waals surface area contributed by atoms with Crippen molar-refractivity contribution in [3.8, 4) is 0 Å². The quantitative estimate of drug-likeness (QED) is 0.609. The molecule has 1 amide bonds. The standard InChI is InChI=1S/C24H34F4N2O3/c1-15-14-33-8-6-20(15)30(4)19-5-7-23(12-19,22(2,3)32)21(31)29-13-16-9-17(24(26,27)28)11-18(25)10-16/h9-11,15,19-20,32H,5-8,12-14H2,1-4H3,(H,29,31)/t15?,19-,20?,23-/m1/s1. The summed E-state index contributed by atoms with van der Waals surface area (Å²) in [6, 6.07) is 2.64. The Morgan fingerprint density at radius 2 is 1.97 bits per heavy atom. The molecule has 0 aromatic heterocycles. The van der Waals surface area contributed by atoms with E-state index in [1.54, 1.807) is 13.8 Å². The molecule has 5 nitrogen and oxygen atoms in total. The molecule has 1 aromatic carbocycles. The first-order chi connectivity index (χ1) is 15.2. The number of carbonyl (C=O) groups excluding carboxylic acids is 1. The number of aliphatic hydroxyl groups is 1. The predicted molar refractivity (Wildman–Crippen MR) is 116 cm³/mol. The van der Waals surface area contributed by atoms with Gasteiger partial charge in [0.2, 0.25) is 5.91 Å². The summed E-state index contributed by atoms with van der Waals surface area (Å²) in [5.74, 6) is -1.09. The Hall–Kier alpha value is -1.71. The van der Waals surface area contributed by atoms with Crippen LogP contribution in [-0.4, -0.2) is 53.9 Å². The summed E-state index contributed by atoms with van der Waals surface area (Å²) < 4.78 is 58.3. The topological polar surface area (TPSA) is 61.8 Å². The van der Waals surface area contributed by atoms with Crippen LogP contribution in [0.1, 0.15) is 57.6 Å². The number of carbonyl (C=O) groups is 1. The highest BCUT2D eigenvalue weighted by Gasteiger charge is 2.55. The Balaban J connectivity index is 1.74. The van der Waals surface area contributed by atoms with Crippen molar-refractivity contribution in [2.45, 2.75) is 76.9 Å². The Morgan fingerprint density at radius 1 is 1.27 bits per heavy atom. The van der Waals surface area contributed by atoms with Gasteiger partial charge in [-0.1, -0.05) is 6.92 Å². The van der Waals surface area contributed by atoms with E-state index in [2.05, 4.69) is 17.1 Å². The number of benzene rings is 1. The van der Waals surface area contributed by atoms with Gasteiger partial charge in [-0.3, -0.25) is 9.69 Å².